The number of hydrogen-bond acceptors (Lipinski definition) is 1. The van der Waals surface area contributed by atoms with Crippen molar-refractivity contribution < 1.29 is 4.79 Å². The van der Waals surface area contributed by atoms with Crippen molar-refractivity contribution in [3.8, 4) is 0 Å². The van der Waals surface area contributed by atoms with Crippen molar-refractivity contribution in [2.24, 2.45) is 0 Å². The fourth-order valence-electron chi connectivity index (χ4n) is 3.11. The third kappa shape index (κ3) is 2.55. The summed E-state index contributed by atoms with van der Waals surface area (Å²) in [7, 11) is 0. The number of ketones is 1. The van der Waals surface area contributed by atoms with Crippen molar-refractivity contribution in [2.75, 3.05) is 0 Å². The molecule has 0 aromatic heterocycles. The molecule has 22 heavy (non-hydrogen) atoms. The lowest BCUT2D eigenvalue weighted by molar-refractivity contribution is 0.0959. The minimum Gasteiger partial charge on any atom is -0.293 e. The molecule has 0 radical (unpaired) electrons. The van der Waals surface area contributed by atoms with Crippen LogP contribution < -0.4 is 0 Å². The van der Waals surface area contributed by atoms with E-state index in [0.29, 0.717) is 0 Å². The molecule has 1 nitrogen and oxygen atoms in total. The summed E-state index contributed by atoms with van der Waals surface area (Å²) in [6.45, 7) is 4.16. The van der Waals surface area contributed by atoms with Crippen molar-refractivity contribution in [3.05, 3.63) is 83.4 Å². The van der Waals surface area contributed by atoms with Gasteiger partial charge in [-0.2, -0.15) is 0 Å². The number of aryl methyl sites for hydroxylation is 1. The van der Waals surface area contributed by atoms with E-state index < -0.39 is 0 Å². The zero-order valence-corrected chi connectivity index (χ0v) is 13.0. The summed E-state index contributed by atoms with van der Waals surface area (Å²) >= 11 is 0. The van der Waals surface area contributed by atoms with Crippen LogP contribution in [0.4, 0.5) is 0 Å². The Hall–Kier alpha value is -2.41. The van der Waals surface area contributed by atoms with Gasteiger partial charge in [0, 0.05) is 11.5 Å². The van der Waals surface area contributed by atoms with Crippen LogP contribution in [-0.2, 0) is 0 Å². The second-order valence-corrected chi connectivity index (χ2v) is 5.71. The van der Waals surface area contributed by atoms with Gasteiger partial charge in [0.15, 0.2) is 5.78 Å². The summed E-state index contributed by atoms with van der Waals surface area (Å²) < 4.78 is 0. The first-order chi connectivity index (χ1) is 10.7. The van der Waals surface area contributed by atoms with E-state index in [2.05, 4.69) is 19.9 Å². The van der Waals surface area contributed by atoms with Gasteiger partial charge < -0.3 is 0 Å². The van der Waals surface area contributed by atoms with Crippen molar-refractivity contribution in [1.82, 2.24) is 0 Å². The highest BCUT2D eigenvalue weighted by molar-refractivity contribution is 6.11. The Bertz CT molecular complexity index is 803. The summed E-state index contributed by atoms with van der Waals surface area (Å²) in [6, 6.07) is 22.3. The Morgan fingerprint density at radius 3 is 2.18 bits per heavy atom. The highest BCUT2D eigenvalue weighted by Crippen LogP contribution is 2.29. The van der Waals surface area contributed by atoms with Crippen LogP contribution in [0.2, 0.25) is 0 Å². The van der Waals surface area contributed by atoms with Crippen molar-refractivity contribution in [1.29, 1.82) is 0 Å². The lowest BCUT2D eigenvalue weighted by atomic mass is 9.86. The number of rotatable bonds is 4. The predicted molar refractivity (Wildman–Crippen MR) is 92.5 cm³/mol. The first-order valence-electron chi connectivity index (χ1n) is 7.80. The maximum atomic E-state index is 13.1. The molecule has 0 saturated heterocycles. The van der Waals surface area contributed by atoms with Crippen LogP contribution in [-0.4, -0.2) is 5.78 Å². The molecule has 0 bridgehead atoms. The van der Waals surface area contributed by atoms with Gasteiger partial charge in [0.05, 0.1) is 0 Å². The number of Topliss-reactive ketones (excluding diaryl/α,β-unsaturated/α-hetero) is 1. The highest BCUT2D eigenvalue weighted by atomic mass is 16.1. The summed E-state index contributed by atoms with van der Waals surface area (Å²) in [6.07, 6.45) is 0.811. The van der Waals surface area contributed by atoms with Gasteiger partial charge in [-0.25, -0.2) is 0 Å². The predicted octanol–water partition coefficient (Wildman–Crippen LogP) is 5.52. The minimum absolute atomic E-state index is 0.0766. The largest absolute Gasteiger partial charge is 0.293 e. The van der Waals surface area contributed by atoms with Gasteiger partial charge in [0.2, 0.25) is 0 Å². The Kier molecular flexibility index (Phi) is 4.06. The molecule has 1 unspecified atom stereocenters. The third-order valence-corrected chi connectivity index (χ3v) is 4.33. The van der Waals surface area contributed by atoms with Crippen LogP contribution in [0.5, 0.6) is 0 Å². The molecule has 0 spiro atoms. The van der Waals surface area contributed by atoms with Gasteiger partial charge in [-0.3, -0.25) is 4.79 Å². The molecule has 3 aromatic carbocycles. The van der Waals surface area contributed by atoms with E-state index in [1.807, 2.05) is 60.7 Å². The average Bonchev–Trinajstić information content (AvgIpc) is 2.57. The minimum atomic E-state index is -0.0766. The molecular weight excluding hydrogens is 268 g/mol. The summed E-state index contributed by atoms with van der Waals surface area (Å²) in [4.78, 5) is 13.1. The number of carbonyl (C=O) groups excluding carboxylic acids is 1. The quantitative estimate of drug-likeness (QED) is 0.577. The SMILES string of the molecule is CCC(C(=O)c1ccc(C)c2ccccc12)c1ccccc1. The Labute approximate surface area is 131 Å². The molecule has 0 aliphatic carbocycles. The van der Waals surface area contributed by atoms with Gasteiger partial charge >= 0.3 is 0 Å². The van der Waals surface area contributed by atoms with Crippen LogP contribution in [0.1, 0.15) is 40.7 Å². The van der Waals surface area contributed by atoms with E-state index in [4.69, 9.17) is 0 Å². The van der Waals surface area contributed by atoms with Gasteiger partial charge in [-0.15, -0.1) is 0 Å². The first-order valence-corrected chi connectivity index (χ1v) is 7.80. The molecule has 1 atom stereocenters. The third-order valence-electron chi connectivity index (χ3n) is 4.33. The summed E-state index contributed by atoms with van der Waals surface area (Å²) in [5.41, 5.74) is 3.14. The molecule has 0 N–H and O–H groups in total. The highest BCUT2D eigenvalue weighted by Gasteiger charge is 2.21. The van der Waals surface area contributed by atoms with E-state index in [1.54, 1.807) is 0 Å². The van der Waals surface area contributed by atoms with Crippen LogP contribution >= 0.6 is 0 Å². The van der Waals surface area contributed by atoms with Gasteiger partial charge in [-0.1, -0.05) is 73.7 Å². The molecule has 0 amide bonds. The van der Waals surface area contributed by atoms with E-state index in [1.165, 1.54) is 5.56 Å². The monoisotopic (exact) mass is 288 g/mol. The standard InChI is InChI=1S/C21H20O/c1-3-17(16-9-5-4-6-10-16)21(22)20-14-13-15(2)18-11-7-8-12-19(18)20/h4-14,17H,3H2,1-2H3. The lowest BCUT2D eigenvalue weighted by Crippen LogP contribution is -2.12. The molecule has 0 heterocycles. The first kappa shape index (κ1) is 14.5. The lowest BCUT2D eigenvalue weighted by Gasteiger charge is -2.16. The number of hydrogen-bond donors (Lipinski definition) is 0. The normalized spacial score (nSPS) is 12.3. The molecule has 0 aliphatic rings. The van der Waals surface area contributed by atoms with E-state index >= 15 is 0 Å². The van der Waals surface area contributed by atoms with Gasteiger partial charge in [0.25, 0.3) is 0 Å². The Morgan fingerprint density at radius 1 is 0.864 bits per heavy atom. The summed E-state index contributed by atoms with van der Waals surface area (Å²) in [5, 5.41) is 2.22. The Balaban J connectivity index is 2.11. The maximum Gasteiger partial charge on any atom is 0.170 e. The zero-order chi connectivity index (χ0) is 15.5. The molecule has 3 rings (SSSR count). The number of fused-ring (bicyclic) bond motifs is 1. The number of benzene rings is 3. The van der Waals surface area contributed by atoms with Crippen molar-refractivity contribution >= 4 is 16.6 Å². The molecule has 110 valence electrons. The topological polar surface area (TPSA) is 17.1 Å². The maximum absolute atomic E-state index is 13.1. The molecule has 0 fully saturated rings. The molecule has 3 aromatic rings. The second-order valence-electron chi connectivity index (χ2n) is 5.71. The van der Waals surface area contributed by atoms with Crippen LogP contribution in [0.3, 0.4) is 0 Å². The van der Waals surface area contributed by atoms with Gasteiger partial charge in [-0.05, 0) is 35.2 Å². The van der Waals surface area contributed by atoms with Crippen LogP contribution in [0, 0.1) is 6.92 Å². The second kappa shape index (κ2) is 6.15. The van der Waals surface area contributed by atoms with Gasteiger partial charge in [0.1, 0.15) is 0 Å². The van der Waals surface area contributed by atoms with E-state index in [0.717, 1.165) is 28.3 Å². The molecule has 1 heteroatoms. The molecular formula is C21H20O. The zero-order valence-electron chi connectivity index (χ0n) is 13.0. The fourth-order valence-corrected chi connectivity index (χ4v) is 3.11. The van der Waals surface area contributed by atoms with Crippen LogP contribution in [0.15, 0.2) is 66.7 Å². The van der Waals surface area contributed by atoms with E-state index in [9.17, 15) is 4.79 Å². The summed E-state index contributed by atoms with van der Waals surface area (Å²) in [5.74, 6) is 0.136. The van der Waals surface area contributed by atoms with Crippen molar-refractivity contribution in [2.45, 2.75) is 26.2 Å². The van der Waals surface area contributed by atoms with Crippen LogP contribution in [0.25, 0.3) is 10.8 Å². The smallest absolute Gasteiger partial charge is 0.170 e. The average molecular weight is 288 g/mol. The molecule has 0 saturated carbocycles. The molecule has 0 aliphatic heterocycles. The number of carbonyl (C=O) groups is 1. The fraction of sp³-hybridized carbons (Fsp3) is 0.190. The van der Waals surface area contributed by atoms with Crippen molar-refractivity contribution in [3.63, 3.8) is 0 Å². The Morgan fingerprint density at radius 2 is 1.50 bits per heavy atom. The van der Waals surface area contributed by atoms with E-state index in [-0.39, 0.29) is 11.7 Å².